The highest BCUT2D eigenvalue weighted by Gasteiger charge is 2.17. The molecular weight excluding hydrogens is 282 g/mol. The second kappa shape index (κ2) is 5.66. The van der Waals surface area contributed by atoms with Crippen molar-refractivity contribution in [3.05, 3.63) is 59.2 Å². The summed E-state index contributed by atoms with van der Waals surface area (Å²) in [5.74, 6) is 0.858. The van der Waals surface area contributed by atoms with Gasteiger partial charge in [-0.15, -0.1) is 11.3 Å². The molecule has 0 aliphatic rings. The lowest BCUT2D eigenvalue weighted by atomic mass is 10.1. The molecule has 0 spiro atoms. The molecule has 0 bridgehead atoms. The van der Waals surface area contributed by atoms with E-state index in [1.807, 2.05) is 22.9 Å². The Kier molecular flexibility index (Phi) is 3.71. The smallest absolute Gasteiger partial charge is 0.227 e. The van der Waals surface area contributed by atoms with Gasteiger partial charge in [0.1, 0.15) is 10.4 Å². The number of ketones is 1. The molecule has 0 atom stereocenters. The molecule has 0 radical (unpaired) electrons. The van der Waals surface area contributed by atoms with Gasteiger partial charge in [-0.2, -0.15) is 4.57 Å². The number of nitrogens with zero attached hydrogens (tertiary/aromatic N) is 1. The summed E-state index contributed by atoms with van der Waals surface area (Å²) in [5.41, 5.74) is 1.83. The SMILES string of the molecule is COc1ccc(C(=O)C[n+]2ccc3ccsc3c2C)cc1. The van der Waals surface area contributed by atoms with Crippen molar-refractivity contribution in [2.45, 2.75) is 13.5 Å². The van der Waals surface area contributed by atoms with E-state index in [0.717, 1.165) is 11.4 Å². The summed E-state index contributed by atoms with van der Waals surface area (Å²) in [5, 5.41) is 3.30. The van der Waals surface area contributed by atoms with Crippen LogP contribution in [0, 0.1) is 6.92 Å². The van der Waals surface area contributed by atoms with E-state index in [0.29, 0.717) is 12.1 Å². The van der Waals surface area contributed by atoms with Gasteiger partial charge in [-0.3, -0.25) is 4.79 Å². The predicted molar refractivity (Wildman–Crippen MR) is 84.1 cm³/mol. The molecule has 4 heteroatoms. The van der Waals surface area contributed by atoms with E-state index in [2.05, 4.69) is 24.4 Å². The van der Waals surface area contributed by atoms with Gasteiger partial charge in [-0.1, -0.05) is 0 Å². The van der Waals surface area contributed by atoms with Crippen molar-refractivity contribution in [3.63, 3.8) is 0 Å². The number of pyridine rings is 1. The van der Waals surface area contributed by atoms with Crippen molar-refractivity contribution in [1.29, 1.82) is 0 Å². The van der Waals surface area contributed by atoms with Gasteiger partial charge < -0.3 is 4.74 Å². The molecule has 0 saturated carbocycles. The van der Waals surface area contributed by atoms with Gasteiger partial charge in [0, 0.05) is 23.9 Å². The molecule has 2 aromatic heterocycles. The number of methoxy groups -OCH3 is 1. The number of hydrogen-bond donors (Lipinski definition) is 0. The van der Waals surface area contributed by atoms with Gasteiger partial charge in [0.25, 0.3) is 0 Å². The van der Waals surface area contributed by atoms with Crippen LogP contribution in [0.2, 0.25) is 0 Å². The lowest BCUT2D eigenvalue weighted by molar-refractivity contribution is -0.687. The normalized spacial score (nSPS) is 10.8. The molecule has 0 aliphatic heterocycles. The predicted octanol–water partition coefficient (Wildman–Crippen LogP) is 3.39. The fourth-order valence-corrected chi connectivity index (χ4v) is 3.26. The van der Waals surface area contributed by atoms with Crippen molar-refractivity contribution in [3.8, 4) is 5.75 Å². The molecule has 2 heterocycles. The largest absolute Gasteiger partial charge is 0.497 e. The van der Waals surface area contributed by atoms with Crippen molar-refractivity contribution < 1.29 is 14.1 Å². The maximum Gasteiger partial charge on any atom is 0.227 e. The number of hydrogen-bond acceptors (Lipinski definition) is 3. The van der Waals surface area contributed by atoms with Crippen LogP contribution < -0.4 is 9.30 Å². The van der Waals surface area contributed by atoms with Gasteiger partial charge in [0.15, 0.2) is 11.9 Å². The van der Waals surface area contributed by atoms with E-state index in [-0.39, 0.29) is 5.78 Å². The average Bonchev–Trinajstić information content (AvgIpc) is 2.99. The zero-order valence-corrected chi connectivity index (χ0v) is 12.8. The number of aromatic nitrogens is 1. The number of carbonyl (C=O) groups excluding carboxylic acids is 1. The van der Waals surface area contributed by atoms with E-state index in [1.54, 1.807) is 30.6 Å². The van der Waals surface area contributed by atoms with E-state index in [9.17, 15) is 4.79 Å². The standard InChI is InChI=1S/C17H16NO2S/c1-12-17-14(8-10-21-17)7-9-18(12)11-16(19)13-3-5-15(20-2)6-4-13/h3-10H,11H2,1-2H3/q+1. The Hall–Kier alpha value is -2.20. The number of aryl methyl sites for hydroxylation is 1. The van der Waals surface area contributed by atoms with E-state index in [1.165, 1.54) is 10.1 Å². The third-order valence-corrected chi connectivity index (χ3v) is 4.65. The van der Waals surface area contributed by atoms with Crippen LogP contribution in [-0.2, 0) is 6.54 Å². The lowest BCUT2D eigenvalue weighted by Gasteiger charge is -2.03. The minimum absolute atomic E-state index is 0.0988. The maximum atomic E-state index is 12.4. The Morgan fingerprint density at radius 2 is 1.95 bits per heavy atom. The maximum absolute atomic E-state index is 12.4. The Morgan fingerprint density at radius 1 is 1.19 bits per heavy atom. The topological polar surface area (TPSA) is 30.2 Å². The fourth-order valence-electron chi connectivity index (χ4n) is 2.35. The molecule has 3 nitrogen and oxygen atoms in total. The molecule has 0 fully saturated rings. The minimum Gasteiger partial charge on any atom is -0.497 e. The molecule has 0 unspecified atom stereocenters. The molecule has 3 aromatic rings. The lowest BCUT2D eigenvalue weighted by Crippen LogP contribution is -2.40. The first-order valence-corrected chi connectivity index (χ1v) is 7.60. The highest BCUT2D eigenvalue weighted by molar-refractivity contribution is 7.17. The van der Waals surface area contributed by atoms with Crippen LogP contribution in [0.4, 0.5) is 0 Å². The van der Waals surface area contributed by atoms with Crippen LogP contribution in [0.1, 0.15) is 16.1 Å². The zero-order chi connectivity index (χ0) is 14.8. The zero-order valence-electron chi connectivity index (χ0n) is 12.0. The number of benzene rings is 1. The van der Waals surface area contributed by atoms with Crippen LogP contribution in [0.25, 0.3) is 10.1 Å². The quantitative estimate of drug-likeness (QED) is 0.546. The van der Waals surface area contributed by atoms with Crippen LogP contribution in [-0.4, -0.2) is 12.9 Å². The molecule has 0 aliphatic carbocycles. The first kappa shape index (κ1) is 13.8. The van der Waals surface area contributed by atoms with Gasteiger partial charge >= 0.3 is 0 Å². The second-order valence-corrected chi connectivity index (χ2v) is 5.80. The number of carbonyl (C=O) groups is 1. The number of Topliss-reactive ketones (excluding diaryl/α,β-unsaturated/α-hetero) is 1. The number of ether oxygens (including phenoxy) is 1. The molecule has 0 saturated heterocycles. The molecule has 3 rings (SSSR count). The summed E-state index contributed by atoms with van der Waals surface area (Å²) in [4.78, 5) is 12.4. The first-order valence-electron chi connectivity index (χ1n) is 6.72. The van der Waals surface area contributed by atoms with Gasteiger partial charge in [0.05, 0.1) is 7.11 Å². The molecule has 1 aromatic carbocycles. The summed E-state index contributed by atoms with van der Waals surface area (Å²) >= 11 is 1.71. The third-order valence-electron chi connectivity index (χ3n) is 3.62. The second-order valence-electron chi connectivity index (χ2n) is 4.89. The average molecular weight is 298 g/mol. The summed E-state index contributed by atoms with van der Waals surface area (Å²) in [6.45, 7) is 2.41. The van der Waals surface area contributed by atoms with Gasteiger partial charge in [0.2, 0.25) is 12.3 Å². The minimum atomic E-state index is 0.0988. The highest BCUT2D eigenvalue weighted by atomic mass is 32.1. The highest BCUT2D eigenvalue weighted by Crippen LogP contribution is 2.21. The number of rotatable bonds is 4. The first-order chi connectivity index (χ1) is 10.2. The molecule has 21 heavy (non-hydrogen) atoms. The van der Waals surface area contributed by atoms with Crippen molar-refractivity contribution in [1.82, 2.24) is 0 Å². The van der Waals surface area contributed by atoms with Crippen LogP contribution in [0.5, 0.6) is 5.75 Å². The van der Waals surface area contributed by atoms with Crippen molar-refractivity contribution in [2.24, 2.45) is 0 Å². The summed E-state index contributed by atoms with van der Waals surface area (Å²) in [7, 11) is 1.62. The summed E-state index contributed by atoms with van der Waals surface area (Å²) in [6.07, 6.45) is 1.98. The Morgan fingerprint density at radius 3 is 2.67 bits per heavy atom. The number of thiophene rings is 1. The third kappa shape index (κ3) is 2.67. The van der Waals surface area contributed by atoms with Crippen LogP contribution in [0.3, 0.4) is 0 Å². The Labute approximate surface area is 127 Å². The Bertz CT molecular complexity index is 790. The van der Waals surface area contributed by atoms with E-state index >= 15 is 0 Å². The van der Waals surface area contributed by atoms with Gasteiger partial charge in [-0.05, 0) is 35.7 Å². The molecule has 106 valence electrons. The van der Waals surface area contributed by atoms with Crippen molar-refractivity contribution >= 4 is 27.2 Å². The molecule has 0 N–H and O–H groups in total. The fraction of sp³-hybridized carbons (Fsp3) is 0.176. The molecular formula is C17H16NO2S+. The van der Waals surface area contributed by atoms with Crippen LogP contribution >= 0.6 is 11.3 Å². The van der Waals surface area contributed by atoms with E-state index in [4.69, 9.17) is 4.74 Å². The summed E-state index contributed by atoms with van der Waals surface area (Å²) < 4.78 is 8.35. The Balaban J connectivity index is 1.86. The van der Waals surface area contributed by atoms with Gasteiger partial charge in [-0.25, -0.2) is 0 Å². The van der Waals surface area contributed by atoms with E-state index < -0.39 is 0 Å². The summed E-state index contributed by atoms with van der Waals surface area (Å²) in [6, 6.07) is 11.4. The number of fused-ring (bicyclic) bond motifs is 1. The molecule has 0 amide bonds. The van der Waals surface area contributed by atoms with Crippen LogP contribution in [0.15, 0.2) is 48.0 Å². The van der Waals surface area contributed by atoms with Crippen molar-refractivity contribution in [2.75, 3.05) is 7.11 Å². The monoisotopic (exact) mass is 298 g/mol.